The van der Waals surface area contributed by atoms with Gasteiger partial charge in [0.2, 0.25) is 0 Å². The van der Waals surface area contributed by atoms with Crippen molar-refractivity contribution in [2.45, 2.75) is 51.0 Å². The van der Waals surface area contributed by atoms with E-state index in [9.17, 15) is 18.8 Å². The third-order valence-corrected chi connectivity index (χ3v) is 8.39. The average Bonchev–Trinajstić information content (AvgIpc) is 3.42. The van der Waals surface area contributed by atoms with E-state index in [0.29, 0.717) is 11.3 Å². The van der Waals surface area contributed by atoms with Crippen molar-refractivity contribution in [1.82, 2.24) is 4.90 Å². The summed E-state index contributed by atoms with van der Waals surface area (Å²) in [6, 6.07) is 15.0. The third-order valence-electron chi connectivity index (χ3n) is 7.42. The molecule has 1 amide bonds. The molecule has 4 rings (SSSR count). The maximum absolute atomic E-state index is 14.4. The van der Waals surface area contributed by atoms with Gasteiger partial charge in [-0.15, -0.1) is 11.8 Å². The molecule has 0 aliphatic carbocycles. The Bertz CT molecular complexity index is 1500. The number of benzene rings is 3. The lowest BCUT2D eigenvalue weighted by atomic mass is 9.82. The molecule has 7 nitrogen and oxygen atoms in total. The van der Waals surface area contributed by atoms with Crippen LogP contribution in [0.3, 0.4) is 0 Å². The number of aryl methyl sites for hydroxylation is 2. The van der Waals surface area contributed by atoms with Gasteiger partial charge in [0, 0.05) is 40.4 Å². The standard InChI is InChI=1S/C33H35ClFNO6S/c1-7-40-31(38)33(4,5)42-30-19(2)14-22(15-20(30)3)25-17-36(32(39)41-28-13-10-23(34)16-27(28)35)18-26(25)29(37)21-8-11-24(43-6)12-9-21/h8-16,25-26H,7,17-18H2,1-6H3/t25-,26+/m0/s1. The number of likely N-dealkylation sites (tertiary alicyclic amines) is 1. The number of Topliss-reactive ketones (excluding diaryl/α,β-unsaturated/α-hetero) is 1. The molecule has 10 heteroatoms. The van der Waals surface area contributed by atoms with Crippen LogP contribution in [0.5, 0.6) is 11.5 Å². The molecular weight excluding hydrogens is 593 g/mol. The van der Waals surface area contributed by atoms with Gasteiger partial charge in [0.1, 0.15) is 5.75 Å². The van der Waals surface area contributed by atoms with Gasteiger partial charge in [-0.2, -0.15) is 0 Å². The molecule has 1 aliphatic heterocycles. The lowest BCUT2D eigenvalue weighted by molar-refractivity contribution is -0.158. The predicted molar refractivity (Wildman–Crippen MR) is 165 cm³/mol. The summed E-state index contributed by atoms with van der Waals surface area (Å²) in [5, 5.41) is 0.181. The van der Waals surface area contributed by atoms with Crippen LogP contribution in [0.15, 0.2) is 59.5 Å². The molecular formula is C33H35ClFNO6S. The summed E-state index contributed by atoms with van der Waals surface area (Å²) >= 11 is 7.42. The molecule has 43 heavy (non-hydrogen) atoms. The Labute approximate surface area is 260 Å². The molecule has 1 aliphatic rings. The first-order valence-electron chi connectivity index (χ1n) is 13.9. The Morgan fingerprint density at radius 1 is 1.02 bits per heavy atom. The highest BCUT2D eigenvalue weighted by Gasteiger charge is 2.42. The minimum atomic E-state index is -1.21. The molecule has 0 saturated carbocycles. The van der Waals surface area contributed by atoms with E-state index in [2.05, 4.69) is 0 Å². The van der Waals surface area contributed by atoms with Crippen LogP contribution in [0.4, 0.5) is 9.18 Å². The Kier molecular flexibility index (Phi) is 10.1. The van der Waals surface area contributed by atoms with E-state index in [1.165, 1.54) is 17.0 Å². The van der Waals surface area contributed by atoms with Crippen molar-refractivity contribution in [2.75, 3.05) is 26.0 Å². The Morgan fingerprint density at radius 3 is 2.26 bits per heavy atom. The van der Waals surface area contributed by atoms with E-state index in [0.717, 1.165) is 27.7 Å². The first-order valence-corrected chi connectivity index (χ1v) is 15.5. The van der Waals surface area contributed by atoms with Crippen molar-refractivity contribution in [3.8, 4) is 11.5 Å². The Morgan fingerprint density at radius 2 is 1.67 bits per heavy atom. The highest BCUT2D eigenvalue weighted by molar-refractivity contribution is 7.98. The van der Waals surface area contributed by atoms with Gasteiger partial charge in [0.15, 0.2) is 23.0 Å². The summed E-state index contributed by atoms with van der Waals surface area (Å²) in [6.07, 6.45) is 1.20. The SMILES string of the molecule is CCOC(=O)C(C)(C)Oc1c(C)cc([C@@H]2CN(C(=O)Oc3ccc(Cl)cc3F)C[C@H]2C(=O)c2ccc(SC)cc2)cc1C. The van der Waals surface area contributed by atoms with Crippen molar-refractivity contribution in [3.05, 3.63) is 87.7 Å². The number of ketones is 1. The maximum Gasteiger partial charge on any atom is 0.415 e. The second kappa shape index (κ2) is 13.4. The number of thioether (sulfide) groups is 1. The molecule has 3 aromatic carbocycles. The average molecular weight is 628 g/mol. The van der Waals surface area contributed by atoms with E-state index in [1.807, 2.05) is 44.4 Å². The topological polar surface area (TPSA) is 82.1 Å². The highest BCUT2D eigenvalue weighted by atomic mass is 35.5. The lowest BCUT2D eigenvalue weighted by Gasteiger charge is -2.27. The third kappa shape index (κ3) is 7.33. The number of halogens is 2. The summed E-state index contributed by atoms with van der Waals surface area (Å²) in [6.45, 7) is 9.29. The fourth-order valence-electron chi connectivity index (χ4n) is 5.20. The van der Waals surface area contributed by atoms with Crippen LogP contribution < -0.4 is 9.47 Å². The quantitative estimate of drug-likeness (QED) is 0.137. The number of esters is 1. The zero-order chi connectivity index (χ0) is 31.5. The lowest BCUT2D eigenvalue weighted by Crippen LogP contribution is -2.40. The molecule has 0 aromatic heterocycles. The van der Waals surface area contributed by atoms with Crippen LogP contribution in [-0.4, -0.2) is 54.3 Å². The fourth-order valence-corrected chi connectivity index (χ4v) is 5.77. The maximum atomic E-state index is 14.4. The number of ether oxygens (including phenoxy) is 3. The zero-order valence-electron chi connectivity index (χ0n) is 25.0. The van der Waals surface area contributed by atoms with Crippen molar-refractivity contribution in [1.29, 1.82) is 0 Å². The van der Waals surface area contributed by atoms with Gasteiger partial charge in [-0.25, -0.2) is 14.0 Å². The van der Waals surface area contributed by atoms with Crippen LogP contribution in [-0.2, 0) is 9.53 Å². The molecule has 0 bridgehead atoms. The first-order chi connectivity index (χ1) is 20.3. The van der Waals surface area contributed by atoms with E-state index in [-0.39, 0.29) is 42.2 Å². The van der Waals surface area contributed by atoms with Gasteiger partial charge in [0.25, 0.3) is 0 Å². The van der Waals surface area contributed by atoms with Crippen molar-refractivity contribution < 1.29 is 33.0 Å². The Hall–Kier alpha value is -3.56. The summed E-state index contributed by atoms with van der Waals surface area (Å²) < 4.78 is 31.1. The number of amides is 1. The number of nitrogens with zero attached hydrogens (tertiary/aromatic N) is 1. The molecule has 2 atom stereocenters. The normalized spacial score (nSPS) is 16.6. The van der Waals surface area contributed by atoms with Crippen molar-refractivity contribution in [2.24, 2.45) is 5.92 Å². The molecule has 228 valence electrons. The summed E-state index contributed by atoms with van der Waals surface area (Å²) in [5.74, 6) is -1.99. The van der Waals surface area contributed by atoms with Crippen molar-refractivity contribution >= 4 is 41.2 Å². The summed E-state index contributed by atoms with van der Waals surface area (Å²) in [4.78, 5) is 42.0. The minimum Gasteiger partial charge on any atom is -0.476 e. The summed E-state index contributed by atoms with van der Waals surface area (Å²) in [7, 11) is 0. The number of carbonyl (C=O) groups excluding carboxylic acids is 3. The molecule has 1 heterocycles. The van der Waals surface area contributed by atoms with E-state index >= 15 is 0 Å². The molecule has 0 radical (unpaired) electrons. The van der Waals surface area contributed by atoms with Gasteiger partial charge in [-0.1, -0.05) is 35.9 Å². The minimum absolute atomic E-state index is 0.0913. The van der Waals surface area contributed by atoms with Crippen LogP contribution in [0.25, 0.3) is 0 Å². The van der Waals surface area contributed by atoms with Crippen LogP contribution in [0.2, 0.25) is 5.02 Å². The Balaban J connectivity index is 1.66. The first kappa shape index (κ1) is 32.4. The fraction of sp³-hybridized carbons (Fsp3) is 0.364. The van der Waals surface area contributed by atoms with Gasteiger partial charge < -0.3 is 19.1 Å². The smallest absolute Gasteiger partial charge is 0.415 e. The van der Waals surface area contributed by atoms with Crippen LogP contribution >= 0.6 is 23.4 Å². The van der Waals surface area contributed by atoms with Gasteiger partial charge >= 0.3 is 12.1 Å². The van der Waals surface area contributed by atoms with Crippen molar-refractivity contribution in [3.63, 3.8) is 0 Å². The highest BCUT2D eigenvalue weighted by Crippen LogP contribution is 2.39. The summed E-state index contributed by atoms with van der Waals surface area (Å²) in [5.41, 5.74) is 1.71. The molecule has 0 unspecified atom stereocenters. The molecule has 0 N–H and O–H groups in total. The molecule has 0 spiro atoms. The van der Waals surface area contributed by atoms with E-state index in [1.54, 1.807) is 44.7 Å². The number of rotatable bonds is 9. The largest absolute Gasteiger partial charge is 0.476 e. The van der Waals surface area contributed by atoms with Crippen LogP contribution in [0, 0.1) is 25.6 Å². The molecule has 3 aromatic rings. The molecule has 1 saturated heterocycles. The zero-order valence-corrected chi connectivity index (χ0v) is 26.6. The predicted octanol–water partition coefficient (Wildman–Crippen LogP) is 7.64. The number of hydrogen-bond acceptors (Lipinski definition) is 7. The number of hydrogen-bond donors (Lipinski definition) is 0. The second-order valence-electron chi connectivity index (χ2n) is 11.0. The van der Waals surface area contributed by atoms with Gasteiger partial charge in [-0.05, 0) is 87.9 Å². The number of carbonyl (C=O) groups is 3. The van der Waals surface area contributed by atoms with E-state index in [4.69, 9.17) is 25.8 Å². The van der Waals surface area contributed by atoms with Gasteiger partial charge in [-0.3, -0.25) is 4.79 Å². The second-order valence-corrected chi connectivity index (χ2v) is 12.3. The van der Waals surface area contributed by atoms with Crippen LogP contribution in [0.1, 0.15) is 53.7 Å². The van der Waals surface area contributed by atoms with E-state index < -0.39 is 29.4 Å². The van der Waals surface area contributed by atoms with Gasteiger partial charge in [0.05, 0.1) is 6.61 Å². The molecule has 1 fully saturated rings. The monoisotopic (exact) mass is 627 g/mol.